The molecule has 92 valence electrons. The summed E-state index contributed by atoms with van der Waals surface area (Å²) in [4.78, 5) is 32.7. The van der Waals surface area contributed by atoms with Gasteiger partial charge in [-0.2, -0.15) is 0 Å². The molecular formula is C7H16N6O3. The van der Waals surface area contributed by atoms with E-state index in [4.69, 9.17) is 11.6 Å². The second-order valence-corrected chi connectivity index (χ2v) is 3.32. The number of nitrogens with two attached hydrogens (primary N) is 2. The third-order valence-corrected chi connectivity index (χ3v) is 1.68. The van der Waals surface area contributed by atoms with E-state index in [1.165, 1.54) is 0 Å². The van der Waals surface area contributed by atoms with Crippen molar-refractivity contribution in [1.29, 1.82) is 0 Å². The SMILES string of the molecule is CC(C)[C@H](NC(=O)NNC(=O)NN)C(N)=O. The highest BCUT2D eigenvalue weighted by molar-refractivity contribution is 5.86. The smallest absolute Gasteiger partial charge is 0.347 e. The van der Waals surface area contributed by atoms with Gasteiger partial charge in [-0.3, -0.25) is 10.2 Å². The molecule has 5 amide bonds. The largest absolute Gasteiger partial charge is 0.368 e. The number of urea groups is 2. The van der Waals surface area contributed by atoms with E-state index in [0.29, 0.717) is 0 Å². The number of carbonyl (C=O) groups is 3. The molecule has 0 unspecified atom stereocenters. The maximum Gasteiger partial charge on any atom is 0.347 e. The molecule has 16 heavy (non-hydrogen) atoms. The van der Waals surface area contributed by atoms with Crippen LogP contribution in [0.3, 0.4) is 0 Å². The molecule has 9 nitrogen and oxygen atoms in total. The predicted molar refractivity (Wildman–Crippen MR) is 55.3 cm³/mol. The van der Waals surface area contributed by atoms with Crippen molar-refractivity contribution in [3.05, 3.63) is 0 Å². The monoisotopic (exact) mass is 232 g/mol. The standard InChI is InChI=1S/C7H16N6O3/c1-3(2)4(5(8)14)10-6(15)12-13-7(16)11-9/h3-4H,9H2,1-2H3,(H2,8,14)(H2,10,12,15)(H2,11,13,16)/t4-/m0/s1. The molecule has 0 aliphatic heterocycles. The Morgan fingerprint density at radius 3 is 1.94 bits per heavy atom. The molecule has 0 saturated carbocycles. The van der Waals surface area contributed by atoms with Crippen LogP contribution in [-0.2, 0) is 4.79 Å². The fraction of sp³-hybridized carbons (Fsp3) is 0.571. The van der Waals surface area contributed by atoms with Gasteiger partial charge in [-0.05, 0) is 5.92 Å². The Kier molecular flexibility index (Phi) is 5.63. The normalized spacial score (nSPS) is 11.5. The minimum atomic E-state index is -0.817. The summed E-state index contributed by atoms with van der Waals surface area (Å²) < 4.78 is 0. The molecule has 0 aliphatic carbocycles. The quantitative estimate of drug-likeness (QED) is 0.187. The van der Waals surface area contributed by atoms with Crippen molar-refractivity contribution in [3.8, 4) is 0 Å². The van der Waals surface area contributed by atoms with E-state index in [1.807, 2.05) is 10.9 Å². The molecule has 0 rings (SSSR count). The third-order valence-electron chi connectivity index (χ3n) is 1.68. The lowest BCUT2D eigenvalue weighted by molar-refractivity contribution is -0.120. The molecule has 8 N–H and O–H groups in total. The van der Waals surface area contributed by atoms with Crippen LogP contribution in [0.2, 0.25) is 0 Å². The fourth-order valence-electron chi connectivity index (χ4n) is 0.893. The minimum Gasteiger partial charge on any atom is -0.368 e. The summed E-state index contributed by atoms with van der Waals surface area (Å²) in [5, 5.41) is 2.29. The molecule has 0 saturated heterocycles. The van der Waals surface area contributed by atoms with Crippen LogP contribution in [0.1, 0.15) is 13.8 Å². The zero-order chi connectivity index (χ0) is 12.7. The van der Waals surface area contributed by atoms with Gasteiger partial charge >= 0.3 is 12.1 Å². The molecule has 0 aliphatic rings. The van der Waals surface area contributed by atoms with Crippen molar-refractivity contribution in [2.45, 2.75) is 19.9 Å². The van der Waals surface area contributed by atoms with Crippen molar-refractivity contribution in [2.24, 2.45) is 17.5 Å². The van der Waals surface area contributed by atoms with Gasteiger partial charge in [0.15, 0.2) is 0 Å². The Labute approximate surface area is 92.2 Å². The second-order valence-electron chi connectivity index (χ2n) is 3.32. The predicted octanol–water partition coefficient (Wildman–Crippen LogP) is -2.12. The van der Waals surface area contributed by atoms with Crippen molar-refractivity contribution in [1.82, 2.24) is 21.6 Å². The van der Waals surface area contributed by atoms with Crippen LogP contribution < -0.4 is 33.2 Å². The van der Waals surface area contributed by atoms with Gasteiger partial charge in [-0.1, -0.05) is 13.8 Å². The molecular weight excluding hydrogens is 216 g/mol. The zero-order valence-corrected chi connectivity index (χ0v) is 9.03. The van der Waals surface area contributed by atoms with E-state index in [0.717, 1.165) is 0 Å². The van der Waals surface area contributed by atoms with Crippen LogP contribution in [0, 0.1) is 5.92 Å². The third kappa shape index (κ3) is 5.00. The molecule has 0 aromatic rings. The van der Waals surface area contributed by atoms with Crippen LogP contribution in [0.15, 0.2) is 0 Å². The fourth-order valence-corrected chi connectivity index (χ4v) is 0.893. The van der Waals surface area contributed by atoms with Crippen molar-refractivity contribution in [3.63, 3.8) is 0 Å². The lowest BCUT2D eigenvalue weighted by Gasteiger charge is -2.19. The summed E-state index contributed by atoms with van der Waals surface area (Å²) in [6.07, 6.45) is 0. The first kappa shape index (κ1) is 14.0. The molecule has 0 bridgehead atoms. The number of amides is 5. The summed E-state index contributed by atoms with van der Waals surface area (Å²) in [5.74, 6) is 3.93. The topological polar surface area (TPSA) is 151 Å². The van der Waals surface area contributed by atoms with Gasteiger partial charge in [0.2, 0.25) is 5.91 Å². The summed E-state index contributed by atoms with van der Waals surface area (Å²) in [5.41, 5.74) is 10.7. The lowest BCUT2D eigenvalue weighted by atomic mass is 10.0. The summed E-state index contributed by atoms with van der Waals surface area (Å²) >= 11 is 0. The first-order chi connectivity index (χ1) is 7.38. The highest BCUT2D eigenvalue weighted by Gasteiger charge is 2.21. The van der Waals surface area contributed by atoms with Gasteiger partial charge in [0.1, 0.15) is 6.04 Å². The number of nitrogens with one attached hydrogen (secondary N) is 4. The molecule has 0 spiro atoms. The van der Waals surface area contributed by atoms with E-state index in [-0.39, 0.29) is 5.92 Å². The Morgan fingerprint density at radius 1 is 1.06 bits per heavy atom. The zero-order valence-electron chi connectivity index (χ0n) is 9.03. The first-order valence-corrected chi connectivity index (χ1v) is 4.51. The molecule has 9 heteroatoms. The number of rotatable bonds is 3. The van der Waals surface area contributed by atoms with Crippen LogP contribution in [0.25, 0.3) is 0 Å². The molecule has 1 atom stereocenters. The Morgan fingerprint density at radius 2 is 1.56 bits per heavy atom. The van der Waals surface area contributed by atoms with Gasteiger partial charge < -0.3 is 11.1 Å². The van der Waals surface area contributed by atoms with Crippen LogP contribution in [-0.4, -0.2) is 24.0 Å². The van der Waals surface area contributed by atoms with Crippen LogP contribution >= 0.6 is 0 Å². The molecule has 0 heterocycles. The van der Waals surface area contributed by atoms with Crippen molar-refractivity contribution >= 4 is 18.0 Å². The number of carbonyl (C=O) groups excluding carboxylic acids is 3. The highest BCUT2D eigenvalue weighted by atomic mass is 16.2. The molecule has 0 radical (unpaired) electrons. The minimum absolute atomic E-state index is 0.161. The second kappa shape index (κ2) is 6.45. The van der Waals surface area contributed by atoms with Gasteiger partial charge in [-0.25, -0.2) is 26.3 Å². The van der Waals surface area contributed by atoms with E-state index in [2.05, 4.69) is 5.32 Å². The number of hydrogen-bond donors (Lipinski definition) is 6. The summed E-state index contributed by atoms with van der Waals surface area (Å²) in [6.45, 7) is 3.44. The lowest BCUT2D eigenvalue weighted by Crippen LogP contribution is -2.56. The molecule has 0 aromatic carbocycles. The van der Waals surface area contributed by atoms with Crippen LogP contribution in [0.4, 0.5) is 9.59 Å². The van der Waals surface area contributed by atoms with E-state index < -0.39 is 24.0 Å². The van der Waals surface area contributed by atoms with Gasteiger partial charge in [0.25, 0.3) is 0 Å². The average Bonchev–Trinajstić information content (AvgIpc) is 2.21. The Bertz CT molecular complexity index is 279. The van der Waals surface area contributed by atoms with Crippen molar-refractivity contribution in [2.75, 3.05) is 0 Å². The summed E-state index contributed by atoms with van der Waals surface area (Å²) in [7, 11) is 0. The van der Waals surface area contributed by atoms with Crippen molar-refractivity contribution < 1.29 is 14.4 Å². The number of primary amides is 1. The number of hydrazine groups is 2. The first-order valence-electron chi connectivity index (χ1n) is 4.51. The van der Waals surface area contributed by atoms with E-state index >= 15 is 0 Å². The maximum atomic E-state index is 11.2. The van der Waals surface area contributed by atoms with Crippen LogP contribution in [0.5, 0.6) is 0 Å². The Hall–Kier alpha value is -2.03. The van der Waals surface area contributed by atoms with Gasteiger partial charge in [0.05, 0.1) is 0 Å². The molecule has 0 aromatic heterocycles. The summed E-state index contributed by atoms with van der Waals surface area (Å²) in [6, 6.07) is -2.38. The van der Waals surface area contributed by atoms with E-state index in [1.54, 1.807) is 19.3 Å². The van der Waals surface area contributed by atoms with Gasteiger partial charge in [0, 0.05) is 0 Å². The van der Waals surface area contributed by atoms with Gasteiger partial charge in [-0.15, -0.1) is 0 Å². The average molecular weight is 232 g/mol. The van der Waals surface area contributed by atoms with E-state index in [9.17, 15) is 14.4 Å². The maximum absolute atomic E-state index is 11.2. The molecule has 0 fully saturated rings. The number of hydrogen-bond acceptors (Lipinski definition) is 4. The highest BCUT2D eigenvalue weighted by Crippen LogP contribution is 1.99. The Balaban J connectivity index is 4.11.